The van der Waals surface area contributed by atoms with Crippen molar-refractivity contribution in [3.05, 3.63) is 127 Å². The number of fused-ring (bicyclic) bond motifs is 3. The summed E-state index contributed by atoms with van der Waals surface area (Å²) >= 11 is 5.24. The summed E-state index contributed by atoms with van der Waals surface area (Å²) in [6.07, 6.45) is 3.65. The number of carbonyl (C=O) groups is 3. The number of methoxy groups -OCH3 is 2. The molecule has 0 spiro atoms. The third-order valence-electron chi connectivity index (χ3n) is 6.31. The number of carbonyl (C=O) groups excluding carboxylic acids is 3. The van der Waals surface area contributed by atoms with Gasteiger partial charge in [-0.3, -0.25) is 0 Å². The van der Waals surface area contributed by atoms with Gasteiger partial charge in [0.25, 0.3) is 0 Å². The van der Waals surface area contributed by atoms with E-state index in [0.717, 1.165) is 11.1 Å². The van der Waals surface area contributed by atoms with Crippen LogP contribution in [0.2, 0.25) is 5.02 Å². The first-order chi connectivity index (χ1) is 18.9. The van der Waals surface area contributed by atoms with Crippen molar-refractivity contribution in [1.82, 2.24) is 4.90 Å². The van der Waals surface area contributed by atoms with Crippen molar-refractivity contribution in [1.29, 1.82) is 0 Å². The Morgan fingerprint density at radius 2 is 1.54 bits per heavy atom. The van der Waals surface area contributed by atoms with Crippen molar-refractivity contribution in [3.63, 3.8) is 0 Å². The number of hydrogen-bond acceptors (Lipinski definition) is 7. The second-order valence-electron chi connectivity index (χ2n) is 8.59. The van der Waals surface area contributed by atoms with Gasteiger partial charge in [-0.2, -0.15) is 0 Å². The summed E-state index contributed by atoms with van der Waals surface area (Å²) in [5, 5.41) is 3.91. The Balaban J connectivity index is 1.81. The van der Waals surface area contributed by atoms with Crippen molar-refractivity contribution >= 4 is 56.0 Å². The summed E-state index contributed by atoms with van der Waals surface area (Å²) in [6.45, 7) is 0. The molecule has 0 saturated carbocycles. The number of halogens is 1. The van der Waals surface area contributed by atoms with Gasteiger partial charge >= 0.3 is 237 Å². The summed E-state index contributed by atoms with van der Waals surface area (Å²) in [5.74, 6) is -1.60. The summed E-state index contributed by atoms with van der Waals surface area (Å²) in [5.41, 5.74) is 3.19. The average molecular weight is 606 g/mol. The van der Waals surface area contributed by atoms with Crippen LogP contribution >= 0.6 is 11.6 Å². The van der Waals surface area contributed by atoms with Crippen LogP contribution in [0.25, 0.3) is 6.08 Å². The number of hydrogen-bond donors (Lipinski definition) is 1. The molecule has 2 heterocycles. The van der Waals surface area contributed by atoms with Gasteiger partial charge < -0.3 is 0 Å². The molecule has 7 nitrogen and oxygen atoms in total. The Morgan fingerprint density at radius 3 is 2.23 bits per heavy atom. The molecule has 1 unspecified atom stereocenters. The summed E-state index contributed by atoms with van der Waals surface area (Å²) in [4.78, 5) is 42.6. The third kappa shape index (κ3) is 5.14. The van der Waals surface area contributed by atoms with Crippen LogP contribution in [0.1, 0.15) is 27.5 Å². The van der Waals surface area contributed by atoms with Crippen molar-refractivity contribution in [2.75, 3.05) is 19.5 Å². The molecule has 0 amide bonds. The molecule has 0 radical (unpaired) electrons. The fraction of sp³-hybridized carbons (Fsp3) is 0.100. The van der Waals surface area contributed by atoms with E-state index in [1.54, 1.807) is 59.6 Å². The minimum absolute atomic E-state index is 0.132. The van der Waals surface area contributed by atoms with E-state index in [-0.39, 0.29) is 15.8 Å². The second kappa shape index (κ2) is 11.3. The van der Waals surface area contributed by atoms with E-state index >= 15 is 0 Å². The first kappa shape index (κ1) is 26.5. The van der Waals surface area contributed by atoms with Crippen LogP contribution in [0.4, 0.5) is 5.69 Å². The Kier molecular flexibility index (Phi) is 7.70. The number of ether oxygens (including phenoxy) is 2. The average Bonchev–Trinajstić information content (AvgIpc) is 3.12. The molecule has 1 atom stereocenters. The fourth-order valence-corrected chi connectivity index (χ4v) is 7.02. The third-order valence-corrected chi connectivity index (χ3v) is 8.85. The monoisotopic (exact) mass is 606 g/mol. The Bertz CT molecular complexity index is 1550. The molecule has 5 rings (SSSR count). The predicted molar refractivity (Wildman–Crippen MR) is 150 cm³/mol. The minimum atomic E-state index is -0.865. The molecule has 0 bridgehead atoms. The van der Waals surface area contributed by atoms with Crippen molar-refractivity contribution in [2.24, 2.45) is 0 Å². The van der Waals surface area contributed by atoms with Gasteiger partial charge in [-0.15, -0.1) is 0 Å². The van der Waals surface area contributed by atoms with Gasteiger partial charge in [0.2, 0.25) is 0 Å². The SMILES string of the molecule is COC(=O)C1=C(C(=O)OC)C2c3ccccc3C=CN2C(C(=O)c2ccccc2)=C(Nc2ccc(Cl)cc2)[Se]1. The first-order valence-corrected chi connectivity index (χ1v) is 14.0. The molecule has 196 valence electrons. The maximum atomic E-state index is 14.2. The number of rotatable bonds is 6. The molecule has 3 aromatic carbocycles. The van der Waals surface area contributed by atoms with E-state index in [4.69, 9.17) is 21.1 Å². The summed E-state index contributed by atoms with van der Waals surface area (Å²) < 4.78 is 11.0. The topological polar surface area (TPSA) is 84.9 Å². The normalized spacial score (nSPS) is 16.2. The van der Waals surface area contributed by atoms with E-state index in [2.05, 4.69) is 5.32 Å². The molecule has 1 N–H and O–H groups in total. The molecule has 39 heavy (non-hydrogen) atoms. The standard InChI is InChI=1S/C30H23ClN2O5Se/c1-37-29(35)23-24-22-11-7-6-8-18(22)16-17-33(24)25(26(34)19-9-4-3-5-10-19)28(39-27(23)30(36)38-2)32-21-14-12-20(31)13-15-21/h3-17,24,32H,1-2H3. The van der Waals surface area contributed by atoms with Gasteiger partial charge in [0, 0.05) is 0 Å². The first-order valence-electron chi connectivity index (χ1n) is 11.9. The van der Waals surface area contributed by atoms with Crippen LogP contribution in [-0.4, -0.2) is 51.8 Å². The fourth-order valence-electron chi connectivity index (χ4n) is 4.51. The van der Waals surface area contributed by atoms with E-state index in [9.17, 15) is 14.4 Å². The Labute approximate surface area is 236 Å². The van der Waals surface area contributed by atoms with E-state index in [1.807, 2.05) is 36.4 Å². The molecule has 2 aliphatic heterocycles. The van der Waals surface area contributed by atoms with E-state index < -0.39 is 32.9 Å². The van der Waals surface area contributed by atoms with Gasteiger partial charge in [0.05, 0.1) is 0 Å². The number of nitrogens with zero attached hydrogens (tertiary/aromatic N) is 1. The number of benzene rings is 3. The van der Waals surface area contributed by atoms with Gasteiger partial charge in [-0.25, -0.2) is 0 Å². The number of ketones is 1. The van der Waals surface area contributed by atoms with E-state index in [1.165, 1.54) is 14.2 Å². The summed E-state index contributed by atoms with van der Waals surface area (Å²) in [6, 6.07) is 22.6. The van der Waals surface area contributed by atoms with Crippen LogP contribution in [0.3, 0.4) is 0 Å². The molecule has 0 aliphatic carbocycles. The molecule has 0 fully saturated rings. The zero-order valence-corrected chi connectivity index (χ0v) is 23.5. The molecule has 0 saturated heterocycles. The van der Waals surface area contributed by atoms with Crippen molar-refractivity contribution in [2.45, 2.75) is 6.04 Å². The van der Waals surface area contributed by atoms with Crippen molar-refractivity contribution < 1.29 is 23.9 Å². The molecule has 9 heteroatoms. The number of Topliss-reactive ketones (excluding diaryl/α,β-unsaturated/α-hetero) is 1. The molecule has 2 aliphatic rings. The maximum absolute atomic E-state index is 14.2. The van der Waals surface area contributed by atoms with E-state index in [0.29, 0.717) is 26.6 Å². The molecule has 0 aromatic heterocycles. The second-order valence-corrected chi connectivity index (χ2v) is 11.2. The van der Waals surface area contributed by atoms with Crippen LogP contribution in [0.15, 0.2) is 105 Å². The van der Waals surface area contributed by atoms with Crippen LogP contribution in [0.5, 0.6) is 0 Å². The Morgan fingerprint density at radius 1 is 0.872 bits per heavy atom. The zero-order valence-electron chi connectivity index (χ0n) is 21.0. The molecule has 3 aromatic rings. The quantitative estimate of drug-likeness (QED) is 0.236. The predicted octanol–water partition coefficient (Wildman–Crippen LogP) is 5.15. The van der Waals surface area contributed by atoms with Crippen LogP contribution in [-0.2, 0) is 19.1 Å². The van der Waals surface area contributed by atoms with Crippen LogP contribution in [0, 0.1) is 0 Å². The Hall–Kier alpha value is -4.10. The van der Waals surface area contributed by atoms with Gasteiger partial charge in [0.15, 0.2) is 0 Å². The number of allylic oxidation sites excluding steroid dienone is 1. The van der Waals surface area contributed by atoms with Crippen LogP contribution < -0.4 is 5.32 Å². The van der Waals surface area contributed by atoms with Gasteiger partial charge in [0.1, 0.15) is 0 Å². The number of nitrogens with one attached hydrogen (secondary N) is 1. The van der Waals surface area contributed by atoms with Crippen molar-refractivity contribution in [3.8, 4) is 0 Å². The zero-order chi connectivity index (χ0) is 27.5. The molecular weight excluding hydrogens is 583 g/mol. The number of esters is 2. The molecular formula is C30H23ClN2O5Se. The van der Waals surface area contributed by atoms with Gasteiger partial charge in [-0.1, -0.05) is 0 Å². The number of anilines is 1. The van der Waals surface area contributed by atoms with Gasteiger partial charge in [-0.05, 0) is 0 Å². The summed E-state index contributed by atoms with van der Waals surface area (Å²) in [7, 11) is 2.54.